The lowest BCUT2D eigenvalue weighted by Gasteiger charge is -2.13. The van der Waals surface area contributed by atoms with Gasteiger partial charge in [0.2, 0.25) is 0 Å². The fraction of sp³-hybridized carbons (Fsp3) is 0.238. The number of nitrogens with zero attached hydrogens (tertiary/aromatic N) is 2. The number of rotatable bonds is 6. The first-order valence-electron chi connectivity index (χ1n) is 8.99. The molecule has 0 aliphatic carbocycles. The maximum absolute atomic E-state index is 5.97. The third kappa shape index (κ3) is 4.99. The lowest BCUT2D eigenvalue weighted by molar-refractivity contribution is 0.355. The molecule has 6 nitrogen and oxygen atoms in total. The molecule has 0 saturated carbocycles. The van der Waals surface area contributed by atoms with Crippen LogP contribution in [0.25, 0.3) is 0 Å². The minimum absolute atomic E-state index is 0.467. The van der Waals surface area contributed by atoms with E-state index in [0.717, 1.165) is 33.3 Å². The zero-order chi connectivity index (χ0) is 21.0. The number of methoxy groups -OCH3 is 2. The summed E-state index contributed by atoms with van der Waals surface area (Å²) in [7, 11) is 3.20. The van der Waals surface area contributed by atoms with Gasteiger partial charge in [0.15, 0.2) is 16.6 Å². The fourth-order valence-electron chi connectivity index (χ4n) is 2.98. The molecular formula is C21H23ClN4O2S. The summed E-state index contributed by atoms with van der Waals surface area (Å²) in [5.41, 5.74) is 4.67. The van der Waals surface area contributed by atoms with Gasteiger partial charge in [-0.1, -0.05) is 23.7 Å². The number of thiocarbonyl (C=S) groups is 1. The molecule has 3 aromatic rings. The van der Waals surface area contributed by atoms with Crippen LogP contribution in [-0.4, -0.2) is 29.1 Å². The van der Waals surface area contributed by atoms with Gasteiger partial charge in [0.1, 0.15) is 0 Å². The van der Waals surface area contributed by atoms with Crippen LogP contribution in [0.3, 0.4) is 0 Å². The Kier molecular flexibility index (Phi) is 6.61. The van der Waals surface area contributed by atoms with Gasteiger partial charge in [-0.3, -0.25) is 4.68 Å². The van der Waals surface area contributed by atoms with Gasteiger partial charge in [-0.05, 0) is 55.9 Å². The van der Waals surface area contributed by atoms with Gasteiger partial charge >= 0.3 is 0 Å². The molecule has 8 heteroatoms. The van der Waals surface area contributed by atoms with Crippen LogP contribution < -0.4 is 20.1 Å². The van der Waals surface area contributed by atoms with E-state index in [1.54, 1.807) is 14.2 Å². The SMILES string of the molecule is COc1ccc(NC(=S)Nc2c(C)nn(Cc3ccc(Cl)cc3)c2C)cc1OC. The van der Waals surface area contributed by atoms with Crippen LogP contribution in [-0.2, 0) is 6.54 Å². The minimum Gasteiger partial charge on any atom is -0.493 e. The summed E-state index contributed by atoms with van der Waals surface area (Å²) in [6, 6.07) is 13.3. The third-order valence-electron chi connectivity index (χ3n) is 4.51. The molecule has 3 rings (SSSR count). The van der Waals surface area contributed by atoms with E-state index in [1.807, 2.05) is 61.0 Å². The molecule has 0 radical (unpaired) electrons. The molecule has 0 atom stereocenters. The minimum atomic E-state index is 0.467. The molecule has 152 valence electrons. The highest BCUT2D eigenvalue weighted by molar-refractivity contribution is 7.80. The second kappa shape index (κ2) is 9.15. The highest BCUT2D eigenvalue weighted by Gasteiger charge is 2.14. The lowest BCUT2D eigenvalue weighted by atomic mass is 10.2. The first-order valence-corrected chi connectivity index (χ1v) is 9.78. The molecule has 0 unspecified atom stereocenters. The Morgan fingerprint density at radius 2 is 1.72 bits per heavy atom. The molecule has 2 aromatic carbocycles. The molecule has 2 N–H and O–H groups in total. The number of nitrogens with one attached hydrogen (secondary N) is 2. The van der Waals surface area contributed by atoms with Crippen molar-refractivity contribution in [2.24, 2.45) is 0 Å². The quantitative estimate of drug-likeness (QED) is 0.535. The Labute approximate surface area is 180 Å². The maximum Gasteiger partial charge on any atom is 0.175 e. The van der Waals surface area contributed by atoms with Crippen LogP contribution >= 0.6 is 23.8 Å². The van der Waals surface area contributed by atoms with Gasteiger partial charge in [0.05, 0.1) is 37.8 Å². The molecule has 0 aliphatic heterocycles. The number of aryl methyl sites for hydroxylation is 1. The summed E-state index contributed by atoms with van der Waals surface area (Å²) >= 11 is 11.5. The predicted molar refractivity (Wildman–Crippen MR) is 122 cm³/mol. The molecule has 0 amide bonds. The van der Waals surface area contributed by atoms with Crippen molar-refractivity contribution in [2.45, 2.75) is 20.4 Å². The number of hydrogen-bond acceptors (Lipinski definition) is 4. The van der Waals surface area contributed by atoms with Crippen molar-refractivity contribution in [3.8, 4) is 11.5 Å². The van der Waals surface area contributed by atoms with E-state index in [9.17, 15) is 0 Å². The van der Waals surface area contributed by atoms with Gasteiger partial charge in [-0.2, -0.15) is 5.10 Å². The standard InChI is InChI=1S/C21H23ClN4O2S/c1-13-20(14(2)26(25-13)12-15-5-7-16(22)8-6-15)24-21(29)23-17-9-10-18(27-3)19(11-17)28-4/h5-11H,12H2,1-4H3,(H2,23,24,29). The fourth-order valence-corrected chi connectivity index (χ4v) is 3.33. The predicted octanol–water partition coefficient (Wildman–Crippen LogP) is 5.03. The Morgan fingerprint density at radius 3 is 2.38 bits per heavy atom. The van der Waals surface area contributed by atoms with Gasteiger partial charge in [0, 0.05) is 16.8 Å². The first-order chi connectivity index (χ1) is 13.9. The average molecular weight is 431 g/mol. The summed E-state index contributed by atoms with van der Waals surface area (Å²) in [4.78, 5) is 0. The molecule has 0 saturated heterocycles. The van der Waals surface area contributed by atoms with Gasteiger partial charge in [-0.15, -0.1) is 0 Å². The number of hydrogen-bond donors (Lipinski definition) is 2. The van der Waals surface area contributed by atoms with Crippen molar-refractivity contribution in [1.82, 2.24) is 9.78 Å². The van der Waals surface area contributed by atoms with Gasteiger partial charge < -0.3 is 20.1 Å². The summed E-state index contributed by atoms with van der Waals surface area (Å²) < 4.78 is 12.5. The normalized spacial score (nSPS) is 10.5. The highest BCUT2D eigenvalue weighted by atomic mass is 35.5. The summed E-state index contributed by atoms with van der Waals surface area (Å²) in [5.74, 6) is 1.29. The number of benzene rings is 2. The van der Waals surface area contributed by atoms with Crippen molar-refractivity contribution in [3.63, 3.8) is 0 Å². The number of aromatic nitrogens is 2. The van der Waals surface area contributed by atoms with E-state index < -0.39 is 0 Å². The summed E-state index contributed by atoms with van der Waals surface area (Å²) in [5, 5.41) is 12.2. The topological polar surface area (TPSA) is 60.3 Å². The lowest BCUT2D eigenvalue weighted by Crippen LogP contribution is -2.20. The first kappa shape index (κ1) is 21.0. The maximum atomic E-state index is 5.97. The van der Waals surface area contributed by atoms with Crippen LogP contribution in [0.1, 0.15) is 17.0 Å². The van der Waals surface area contributed by atoms with Crippen LogP contribution in [0.4, 0.5) is 11.4 Å². The van der Waals surface area contributed by atoms with E-state index in [-0.39, 0.29) is 0 Å². The van der Waals surface area contributed by atoms with Gasteiger partial charge in [-0.25, -0.2) is 0 Å². The Balaban J connectivity index is 1.72. The van der Waals surface area contributed by atoms with Crippen LogP contribution in [0.15, 0.2) is 42.5 Å². The summed E-state index contributed by atoms with van der Waals surface area (Å²) in [6.45, 7) is 4.62. The molecule has 1 aromatic heterocycles. The Morgan fingerprint density at radius 1 is 1.03 bits per heavy atom. The average Bonchev–Trinajstić information content (AvgIpc) is 2.97. The second-order valence-electron chi connectivity index (χ2n) is 6.48. The van der Waals surface area contributed by atoms with Crippen LogP contribution in [0, 0.1) is 13.8 Å². The zero-order valence-corrected chi connectivity index (χ0v) is 18.3. The van der Waals surface area contributed by atoms with Crippen LogP contribution in [0.2, 0.25) is 5.02 Å². The molecule has 1 heterocycles. The monoisotopic (exact) mass is 430 g/mol. The van der Waals surface area contributed by atoms with Crippen molar-refractivity contribution < 1.29 is 9.47 Å². The molecule has 0 aliphatic rings. The Bertz CT molecular complexity index is 1020. The molecule has 0 spiro atoms. The van der Waals surface area contributed by atoms with E-state index >= 15 is 0 Å². The van der Waals surface area contributed by atoms with Crippen molar-refractivity contribution in [3.05, 3.63) is 64.4 Å². The largest absolute Gasteiger partial charge is 0.493 e. The summed E-state index contributed by atoms with van der Waals surface area (Å²) in [6.07, 6.45) is 0. The number of ether oxygens (including phenoxy) is 2. The molecule has 0 fully saturated rings. The second-order valence-corrected chi connectivity index (χ2v) is 7.32. The van der Waals surface area contributed by atoms with E-state index in [1.165, 1.54) is 0 Å². The van der Waals surface area contributed by atoms with E-state index in [2.05, 4.69) is 15.7 Å². The van der Waals surface area contributed by atoms with Crippen molar-refractivity contribution in [1.29, 1.82) is 0 Å². The molecule has 0 bridgehead atoms. The molecular weight excluding hydrogens is 408 g/mol. The van der Waals surface area contributed by atoms with E-state index in [4.69, 9.17) is 33.3 Å². The smallest absolute Gasteiger partial charge is 0.175 e. The number of anilines is 2. The Hall–Kier alpha value is -2.77. The van der Waals surface area contributed by atoms with Crippen LogP contribution in [0.5, 0.6) is 11.5 Å². The molecule has 29 heavy (non-hydrogen) atoms. The number of halogens is 1. The highest BCUT2D eigenvalue weighted by Crippen LogP contribution is 2.30. The van der Waals surface area contributed by atoms with Crippen molar-refractivity contribution >= 4 is 40.3 Å². The zero-order valence-electron chi connectivity index (χ0n) is 16.7. The van der Waals surface area contributed by atoms with E-state index in [0.29, 0.717) is 23.2 Å². The van der Waals surface area contributed by atoms with Gasteiger partial charge in [0.25, 0.3) is 0 Å². The third-order valence-corrected chi connectivity index (χ3v) is 4.96. The van der Waals surface area contributed by atoms with Crippen molar-refractivity contribution in [2.75, 3.05) is 24.9 Å².